The third kappa shape index (κ3) is 3.04. The molecule has 104 valence electrons. The van der Waals surface area contributed by atoms with Crippen LogP contribution in [0.4, 0.5) is 0 Å². The van der Waals surface area contributed by atoms with Crippen LogP contribution in [-0.4, -0.2) is 42.6 Å². The fraction of sp³-hybridized carbons (Fsp3) is 0.929. The Kier molecular flexibility index (Phi) is 4.62. The summed E-state index contributed by atoms with van der Waals surface area (Å²) in [5.41, 5.74) is 5.42. The molecule has 4 heteroatoms. The lowest BCUT2D eigenvalue weighted by Crippen LogP contribution is -2.56. The number of hydrogen-bond donors (Lipinski definition) is 1. The monoisotopic (exact) mass is 254 g/mol. The van der Waals surface area contributed by atoms with Crippen molar-refractivity contribution in [2.24, 2.45) is 11.7 Å². The fourth-order valence-corrected chi connectivity index (χ4v) is 3.13. The minimum atomic E-state index is -0.745. The van der Waals surface area contributed by atoms with Crippen molar-refractivity contribution in [3.63, 3.8) is 0 Å². The summed E-state index contributed by atoms with van der Waals surface area (Å²) >= 11 is 0. The third-order valence-corrected chi connectivity index (χ3v) is 4.31. The molecular weight excluding hydrogens is 228 g/mol. The zero-order valence-corrected chi connectivity index (χ0v) is 11.5. The summed E-state index contributed by atoms with van der Waals surface area (Å²) in [6.07, 6.45) is 6.71. The first-order chi connectivity index (χ1) is 8.65. The Labute approximate surface area is 110 Å². The van der Waals surface area contributed by atoms with Crippen LogP contribution in [0.1, 0.15) is 45.4 Å². The standard InChI is InChI=1S/C14H26N2O2/c1-2-4-12-5-3-8-16(9-6-12)13(17)14(15)7-10-18-11-14/h12H,2-11,15H2,1H3. The molecular formula is C14H26N2O2. The zero-order chi connectivity index (χ0) is 13.0. The Morgan fingerprint density at radius 2 is 2.28 bits per heavy atom. The first-order valence-corrected chi connectivity index (χ1v) is 7.32. The predicted octanol–water partition coefficient (Wildman–Crippen LogP) is 1.53. The predicted molar refractivity (Wildman–Crippen MR) is 71.2 cm³/mol. The lowest BCUT2D eigenvalue weighted by molar-refractivity contribution is -0.137. The smallest absolute Gasteiger partial charge is 0.245 e. The number of carbonyl (C=O) groups excluding carboxylic acids is 1. The van der Waals surface area contributed by atoms with E-state index < -0.39 is 5.54 Å². The maximum absolute atomic E-state index is 12.5. The molecule has 4 nitrogen and oxygen atoms in total. The SMILES string of the molecule is CCCC1CCCN(C(=O)C2(N)CCOC2)CC1. The molecule has 2 aliphatic heterocycles. The molecule has 2 N–H and O–H groups in total. The summed E-state index contributed by atoms with van der Waals surface area (Å²) in [4.78, 5) is 14.4. The van der Waals surface area contributed by atoms with E-state index >= 15 is 0 Å². The highest BCUT2D eigenvalue weighted by atomic mass is 16.5. The van der Waals surface area contributed by atoms with Gasteiger partial charge in [-0.1, -0.05) is 19.8 Å². The maximum Gasteiger partial charge on any atom is 0.245 e. The highest BCUT2D eigenvalue weighted by Crippen LogP contribution is 2.25. The van der Waals surface area contributed by atoms with Gasteiger partial charge in [0.1, 0.15) is 5.54 Å². The minimum Gasteiger partial charge on any atom is -0.379 e. The Balaban J connectivity index is 1.91. The maximum atomic E-state index is 12.5. The van der Waals surface area contributed by atoms with E-state index in [-0.39, 0.29) is 5.91 Å². The van der Waals surface area contributed by atoms with E-state index in [4.69, 9.17) is 10.5 Å². The largest absolute Gasteiger partial charge is 0.379 e. The molecule has 0 aromatic rings. The molecule has 2 heterocycles. The Hall–Kier alpha value is -0.610. The second kappa shape index (κ2) is 6.02. The molecule has 2 rings (SSSR count). The molecule has 0 saturated carbocycles. The molecule has 2 aliphatic rings. The Morgan fingerprint density at radius 1 is 1.44 bits per heavy atom. The van der Waals surface area contributed by atoms with Gasteiger partial charge >= 0.3 is 0 Å². The van der Waals surface area contributed by atoms with E-state index in [2.05, 4.69) is 6.92 Å². The molecule has 0 spiro atoms. The highest BCUT2D eigenvalue weighted by Gasteiger charge is 2.41. The van der Waals surface area contributed by atoms with Crippen LogP contribution in [0, 0.1) is 5.92 Å². The van der Waals surface area contributed by atoms with Crippen LogP contribution < -0.4 is 5.73 Å². The van der Waals surface area contributed by atoms with Gasteiger partial charge in [0, 0.05) is 19.7 Å². The highest BCUT2D eigenvalue weighted by molar-refractivity contribution is 5.86. The van der Waals surface area contributed by atoms with Gasteiger partial charge < -0.3 is 15.4 Å². The van der Waals surface area contributed by atoms with Gasteiger partial charge in [-0.3, -0.25) is 4.79 Å². The first kappa shape index (κ1) is 13.8. The zero-order valence-electron chi connectivity index (χ0n) is 11.5. The van der Waals surface area contributed by atoms with Crippen molar-refractivity contribution in [3.05, 3.63) is 0 Å². The molecule has 0 aromatic heterocycles. The van der Waals surface area contributed by atoms with Gasteiger partial charge in [-0.2, -0.15) is 0 Å². The molecule has 1 amide bonds. The molecule has 0 aromatic carbocycles. The summed E-state index contributed by atoms with van der Waals surface area (Å²) in [5.74, 6) is 0.901. The Bertz CT molecular complexity index is 288. The van der Waals surface area contributed by atoms with Crippen molar-refractivity contribution in [2.45, 2.75) is 51.0 Å². The molecule has 2 fully saturated rings. The van der Waals surface area contributed by atoms with E-state index in [1.807, 2.05) is 4.90 Å². The topological polar surface area (TPSA) is 55.6 Å². The van der Waals surface area contributed by atoms with Gasteiger partial charge in [-0.15, -0.1) is 0 Å². The van der Waals surface area contributed by atoms with E-state index in [0.717, 1.165) is 31.8 Å². The number of nitrogens with zero attached hydrogens (tertiary/aromatic N) is 1. The van der Waals surface area contributed by atoms with E-state index in [1.54, 1.807) is 0 Å². The van der Waals surface area contributed by atoms with Crippen molar-refractivity contribution in [3.8, 4) is 0 Å². The van der Waals surface area contributed by atoms with Crippen LogP contribution in [0.15, 0.2) is 0 Å². The Morgan fingerprint density at radius 3 is 2.94 bits per heavy atom. The molecule has 2 saturated heterocycles. The van der Waals surface area contributed by atoms with Crippen molar-refractivity contribution < 1.29 is 9.53 Å². The second-order valence-corrected chi connectivity index (χ2v) is 5.84. The van der Waals surface area contributed by atoms with Gasteiger partial charge in [0.15, 0.2) is 0 Å². The number of amides is 1. The lowest BCUT2D eigenvalue weighted by atomic mass is 9.96. The van der Waals surface area contributed by atoms with Crippen molar-refractivity contribution in [1.82, 2.24) is 4.90 Å². The second-order valence-electron chi connectivity index (χ2n) is 5.84. The number of ether oxygens (including phenoxy) is 1. The lowest BCUT2D eigenvalue weighted by Gasteiger charge is -2.29. The number of rotatable bonds is 3. The third-order valence-electron chi connectivity index (χ3n) is 4.31. The van der Waals surface area contributed by atoms with Gasteiger partial charge in [-0.05, 0) is 31.6 Å². The normalized spacial score (nSPS) is 33.4. The van der Waals surface area contributed by atoms with Crippen LogP contribution in [0.5, 0.6) is 0 Å². The van der Waals surface area contributed by atoms with Gasteiger partial charge in [0.05, 0.1) is 6.61 Å². The van der Waals surface area contributed by atoms with E-state index in [9.17, 15) is 4.79 Å². The van der Waals surface area contributed by atoms with Crippen LogP contribution >= 0.6 is 0 Å². The van der Waals surface area contributed by atoms with Crippen LogP contribution in [0.3, 0.4) is 0 Å². The fourth-order valence-electron chi connectivity index (χ4n) is 3.13. The molecule has 2 atom stereocenters. The van der Waals surface area contributed by atoms with Crippen LogP contribution in [-0.2, 0) is 9.53 Å². The molecule has 0 radical (unpaired) electrons. The molecule has 0 aliphatic carbocycles. The summed E-state index contributed by atoms with van der Waals surface area (Å²) in [7, 11) is 0. The minimum absolute atomic E-state index is 0.108. The van der Waals surface area contributed by atoms with Gasteiger partial charge in [0.25, 0.3) is 0 Å². The summed E-state index contributed by atoms with van der Waals surface area (Å²) in [6, 6.07) is 0. The van der Waals surface area contributed by atoms with Crippen molar-refractivity contribution in [2.75, 3.05) is 26.3 Å². The van der Waals surface area contributed by atoms with Gasteiger partial charge in [-0.25, -0.2) is 0 Å². The quantitative estimate of drug-likeness (QED) is 0.831. The number of likely N-dealkylation sites (tertiary alicyclic amines) is 1. The van der Waals surface area contributed by atoms with Crippen molar-refractivity contribution in [1.29, 1.82) is 0 Å². The number of carbonyl (C=O) groups is 1. The molecule has 2 unspecified atom stereocenters. The summed E-state index contributed by atoms with van der Waals surface area (Å²) in [6.45, 7) is 4.99. The van der Waals surface area contributed by atoms with E-state index in [0.29, 0.717) is 19.6 Å². The average Bonchev–Trinajstić information content (AvgIpc) is 2.68. The van der Waals surface area contributed by atoms with E-state index in [1.165, 1.54) is 19.3 Å². The molecule has 18 heavy (non-hydrogen) atoms. The van der Waals surface area contributed by atoms with Crippen LogP contribution in [0.25, 0.3) is 0 Å². The number of hydrogen-bond acceptors (Lipinski definition) is 3. The van der Waals surface area contributed by atoms with Crippen molar-refractivity contribution >= 4 is 5.91 Å². The van der Waals surface area contributed by atoms with Crippen LogP contribution in [0.2, 0.25) is 0 Å². The molecule has 0 bridgehead atoms. The number of nitrogens with two attached hydrogens (primary N) is 1. The summed E-state index contributed by atoms with van der Waals surface area (Å²) < 4.78 is 5.29. The average molecular weight is 254 g/mol. The first-order valence-electron chi connectivity index (χ1n) is 7.32. The summed E-state index contributed by atoms with van der Waals surface area (Å²) in [5, 5.41) is 0. The van der Waals surface area contributed by atoms with Gasteiger partial charge in [0.2, 0.25) is 5.91 Å².